The third-order valence-electron chi connectivity index (χ3n) is 4.39. The number of anilines is 1. The van der Waals surface area contributed by atoms with Crippen LogP contribution in [-0.2, 0) is 0 Å². The van der Waals surface area contributed by atoms with Crippen molar-refractivity contribution < 1.29 is 4.74 Å². The lowest BCUT2D eigenvalue weighted by Crippen LogP contribution is -2.48. The molecule has 0 amide bonds. The molecule has 1 aliphatic rings. The average molecular weight is 360 g/mol. The molecule has 25 heavy (non-hydrogen) atoms. The molecule has 1 aliphatic heterocycles. The van der Waals surface area contributed by atoms with Crippen LogP contribution >= 0.6 is 11.6 Å². The van der Waals surface area contributed by atoms with Crippen LogP contribution in [0.4, 0.5) is 5.82 Å². The number of nitrogens with zero attached hydrogens (tertiary/aromatic N) is 5. The van der Waals surface area contributed by atoms with Gasteiger partial charge in [-0.2, -0.15) is 0 Å². The number of H-pyrrole nitrogens is 1. The van der Waals surface area contributed by atoms with E-state index in [9.17, 15) is 0 Å². The minimum atomic E-state index is -0.105. The molecule has 4 rings (SSSR count). The first-order valence-electron chi connectivity index (χ1n) is 8.05. The predicted molar refractivity (Wildman–Crippen MR) is 95.0 cm³/mol. The molecule has 0 aromatic carbocycles. The van der Waals surface area contributed by atoms with Crippen molar-refractivity contribution in [1.82, 2.24) is 25.1 Å². The number of pyridine rings is 1. The summed E-state index contributed by atoms with van der Waals surface area (Å²) in [4.78, 5) is 15.2. The zero-order chi connectivity index (χ0) is 17.4. The van der Waals surface area contributed by atoms with E-state index >= 15 is 0 Å². The maximum absolute atomic E-state index is 6.19. The Morgan fingerprint density at radius 1 is 1.32 bits per heavy atom. The molecule has 0 aliphatic carbocycles. The molecule has 0 atom stereocenters. The van der Waals surface area contributed by atoms with Crippen LogP contribution in [0.25, 0.3) is 11.2 Å². The molecule has 0 spiro atoms. The molecule has 1 saturated heterocycles. The van der Waals surface area contributed by atoms with Gasteiger partial charge in [-0.1, -0.05) is 11.6 Å². The molecule has 0 bridgehead atoms. The Hall–Kier alpha value is -2.45. The number of fused-ring (bicyclic) bond motifs is 1. The van der Waals surface area contributed by atoms with Crippen molar-refractivity contribution in [2.24, 2.45) is 5.73 Å². The second-order valence-electron chi connectivity index (χ2n) is 6.49. The van der Waals surface area contributed by atoms with Crippen LogP contribution in [0.1, 0.15) is 19.8 Å². The molecule has 3 N–H and O–H groups in total. The fourth-order valence-corrected chi connectivity index (χ4v) is 2.95. The Labute approximate surface area is 149 Å². The molecule has 1 fully saturated rings. The molecule has 3 aromatic heterocycles. The van der Waals surface area contributed by atoms with Crippen LogP contribution in [0.15, 0.2) is 24.5 Å². The number of nitrogens with one attached hydrogen (secondary N) is 1. The lowest BCUT2D eigenvalue weighted by molar-refractivity contribution is 0.363. The van der Waals surface area contributed by atoms with E-state index in [2.05, 4.69) is 37.0 Å². The summed E-state index contributed by atoms with van der Waals surface area (Å²) < 4.78 is 5.71. The lowest BCUT2D eigenvalue weighted by atomic mass is 9.91. The van der Waals surface area contributed by atoms with E-state index in [0.717, 1.165) is 31.7 Å². The molecular formula is C16H18ClN7O. The quantitative estimate of drug-likeness (QED) is 0.692. The van der Waals surface area contributed by atoms with Gasteiger partial charge in [0.05, 0.1) is 6.20 Å². The van der Waals surface area contributed by atoms with Crippen LogP contribution < -0.4 is 15.4 Å². The molecule has 130 valence electrons. The highest BCUT2D eigenvalue weighted by atomic mass is 35.5. The van der Waals surface area contributed by atoms with Gasteiger partial charge in [0.1, 0.15) is 5.82 Å². The lowest BCUT2D eigenvalue weighted by Gasteiger charge is -2.37. The third kappa shape index (κ3) is 3.22. The first-order chi connectivity index (χ1) is 12.0. The van der Waals surface area contributed by atoms with E-state index in [1.165, 1.54) is 0 Å². The number of rotatable bonds is 3. The Morgan fingerprint density at radius 3 is 2.88 bits per heavy atom. The molecular weight excluding hydrogens is 342 g/mol. The number of nitrogens with two attached hydrogens (primary N) is 1. The van der Waals surface area contributed by atoms with Crippen LogP contribution in [0.2, 0.25) is 5.15 Å². The Bertz CT molecular complexity index is 900. The Morgan fingerprint density at radius 2 is 2.12 bits per heavy atom. The number of aromatic nitrogens is 5. The van der Waals surface area contributed by atoms with Crippen LogP contribution in [-0.4, -0.2) is 43.8 Å². The number of piperidine rings is 1. The van der Waals surface area contributed by atoms with Gasteiger partial charge in [0, 0.05) is 24.8 Å². The van der Waals surface area contributed by atoms with Gasteiger partial charge in [0.25, 0.3) is 5.88 Å². The molecule has 0 unspecified atom stereocenters. The van der Waals surface area contributed by atoms with E-state index < -0.39 is 0 Å². The van der Waals surface area contributed by atoms with Gasteiger partial charge in [-0.15, -0.1) is 5.10 Å². The molecule has 0 radical (unpaired) electrons. The van der Waals surface area contributed by atoms with E-state index in [0.29, 0.717) is 22.8 Å². The fraction of sp³-hybridized carbons (Fsp3) is 0.375. The third-order valence-corrected chi connectivity index (χ3v) is 4.67. The smallest absolute Gasteiger partial charge is 0.266 e. The first-order valence-corrected chi connectivity index (χ1v) is 8.43. The van der Waals surface area contributed by atoms with E-state index in [1.54, 1.807) is 24.5 Å². The summed E-state index contributed by atoms with van der Waals surface area (Å²) in [6.07, 6.45) is 5.16. The van der Waals surface area contributed by atoms with Crippen molar-refractivity contribution in [2.45, 2.75) is 25.3 Å². The van der Waals surface area contributed by atoms with Crippen LogP contribution in [0.3, 0.4) is 0 Å². The van der Waals surface area contributed by atoms with Crippen molar-refractivity contribution in [3.63, 3.8) is 0 Å². The van der Waals surface area contributed by atoms with E-state index in [4.69, 9.17) is 22.1 Å². The van der Waals surface area contributed by atoms with E-state index in [-0.39, 0.29) is 10.7 Å². The highest BCUT2D eigenvalue weighted by Gasteiger charge is 2.27. The minimum absolute atomic E-state index is 0.105. The number of hydrogen-bond donors (Lipinski definition) is 2. The van der Waals surface area contributed by atoms with Crippen molar-refractivity contribution in [3.8, 4) is 11.6 Å². The largest absolute Gasteiger partial charge is 0.433 e. The average Bonchev–Trinajstić information content (AvgIpc) is 2.99. The van der Waals surface area contributed by atoms with Crippen molar-refractivity contribution in [2.75, 3.05) is 18.0 Å². The van der Waals surface area contributed by atoms with Crippen molar-refractivity contribution in [3.05, 3.63) is 29.7 Å². The Balaban J connectivity index is 1.58. The van der Waals surface area contributed by atoms with Gasteiger partial charge in [0.2, 0.25) is 0 Å². The molecule has 4 heterocycles. The summed E-state index contributed by atoms with van der Waals surface area (Å²) >= 11 is 6.02. The van der Waals surface area contributed by atoms with Crippen molar-refractivity contribution >= 4 is 28.6 Å². The van der Waals surface area contributed by atoms with Crippen LogP contribution in [0, 0.1) is 0 Å². The number of ether oxygens (including phenoxy) is 1. The Kier molecular flexibility index (Phi) is 3.93. The van der Waals surface area contributed by atoms with Gasteiger partial charge < -0.3 is 15.4 Å². The SMILES string of the molecule is CC1(N)CCN(c2cnc3c(Oc4cccnc4Cl)n[nH]c3n2)CC1. The predicted octanol–water partition coefficient (Wildman–Crippen LogP) is 2.51. The van der Waals surface area contributed by atoms with Gasteiger partial charge >= 0.3 is 0 Å². The van der Waals surface area contributed by atoms with Crippen LogP contribution in [0.5, 0.6) is 11.6 Å². The maximum atomic E-state index is 6.19. The second kappa shape index (κ2) is 6.12. The van der Waals surface area contributed by atoms with Crippen molar-refractivity contribution in [1.29, 1.82) is 0 Å². The summed E-state index contributed by atoms with van der Waals surface area (Å²) in [5.41, 5.74) is 7.19. The number of hydrogen-bond acceptors (Lipinski definition) is 7. The standard InChI is InChI=1S/C16H18ClN7O/c1-16(18)4-7-24(8-5-16)11-9-20-12-14(21-11)22-23-15(12)25-10-3-2-6-19-13(10)17/h2-3,6,9H,4-5,7-8,18H2,1H3,(H,21,22,23). The summed E-state index contributed by atoms with van der Waals surface area (Å²) in [6, 6.07) is 3.45. The molecule has 9 heteroatoms. The summed E-state index contributed by atoms with van der Waals surface area (Å²) in [6.45, 7) is 3.80. The number of aromatic amines is 1. The summed E-state index contributed by atoms with van der Waals surface area (Å²) in [5.74, 6) is 1.54. The fourth-order valence-electron chi connectivity index (χ4n) is 2.79. The zero-order valence-corrected chi connectivity index (χ0v) is 14.5. The second-order valence-corrected chi connectivity index (χ2v) is 6.85. The molecule has 3 aromatic rings. The maximum Gasteiger partial charge on any atom is 0.266 e. The first kappa shape index (κ1) is 16.0. The van der Waals surface area contributed by atoms with Gasteiger partial charge in [-0.3, -0.25) is 5.10 Å². The van der Waals surface area contributed by atoms with Gasteiger partial charge in [-0.05, 0) is 31.9 Å². The van der Waals surface area contributed by atoms with Gasteiger partial charge in [0.15, 0.2) is 22.1 Å². The highest BCUT2D eigenvalue weighted by Crippen LogP contribution is 2.30. The monoisotopic (exact) mass is 359 g/mol. The van der Waals surface area contributed by atoms with E-state index in [1.807, 2.05) is 0 Å². The normalized spacial score (nSPS) is 17.0. The number of halogens is 1. The molecule has 8 nitrogen and oxygen atoms in total. The minimum Gasteiger partial charge on any atom is -0.433 e. The summed E-state index contributed by atoms with van der Waals surface area (Å²) in [7, 11) is 0. The summed E-state index contributed by atoms with van der Waals surface area (Å²) in [5, 5.41) is 7.27. The highest BCUT2D eigenvalue weighted by molar-refractivity contribution is 6.30. The topological polar surface area (TPSA) is 106 Å². The zero-order valence-electron chi connectivity index (χ0n) is 13.7. The van der Waals surface area contributed by atoms with Gasteiger partial charge in [-0.25, -0.2) is 15.0 Å². The molecule has 0 saturated carbocycles.